The van der Waals surface area contributed by atoms with Gasteiger partial charge < -0.3 is 0 Å². The first-order chi connectivity index (χ1) is 4.72. The molecule has 0 bridgehead atoms. The monoisotopic (exact) mass is 136 g/mol. The fourth-order valence-electron chi connectivity index (χ4n) is 0.600. The van der Waals surface area contributed by atoms with Crippen LogP contribution in [0.3, 0.4) is 0 Å². The maximum Gasteiger partial charge on any atom is -0.0395 e. The summed E-state index contributed by atoms with van der Waals surface area (Å²) in [5.41, 5.74) is 2.68. The Balaban J connectivity index is 4.19. The first kappa shape index (κ1) is 9.22. The molecule has 56 valence electrons. The van der Waals surface area contributed by atoms with Crippen LogP contribution in [0.4, 0.5) is 0 Å². The molecular weight excluding hydrogens is 120 g/mol. The van der Waals surface area contributed by atoms with Gasteiger partial charge in [0.15, 0.2) is 0 Å². The summed E-state index contributed by atoms with van der Waals surface area (Å²) < 4.78 is 0. The second-order valence-electron chi connectivity index (χ2n) is 2.35. The summed E-state index contributed by atoms with van der Waals surface area (Å²) >= 11 is 0. The number of allylic oxidation sites excluding steroid dienone is 6. The van der Waals surface area contributed by atoms with E-state index in [0.717, 1.165) is 0 Å². The van der Waals surface area contributed by atoms with E-state index in [1.807, 2.05) is 13.0 Å². The Kier molecular flexibility index (Phi) is 4.65. The summed E-state index contributed by atoms with van der Waals surface area (Å²) in [7, 11) is 0. The third-order valence-electron chi connectivity index (χ3n) is 1.59. The van der Waals surface area contributed by atoms with Gasteiger partial charge in [-0.25, -0.2) is 0 Å². The molecule has 0 atom stereocenters. The van der Waals surface area contributed by atoms with Gasteiger partial charge in [-0.05, 0) is 33.3 Å². The molecule has 0 aliphatic carbocycles. The van der Waals surface area contributed by atoms with Gasteiger partial charge in [0.2, 0.25) is 0 Å². The topological polar surface area (TPSA) is 0 Å². The third kappa shape index (κ3) is 3.29. The van der Waals surface area contributed by atoms with Crippen molar-refractivity contribution in [2.24, 2.45) is 0 Å². The average molecular weight is 136 g/mol. The van der Waals surface area contributed by atoms with Crippen molar-refractivity contribution in [2.45, 2.75) is 27.7 Å². The molecule has 0 aliphatic rings. The number of rotatable bonds is 2. The van der Waals surface area contributed by atoms with E-state index in [0.29, 0.717) is 0 Å². The molecule has 0 fully saturated rings. The molecule has 0 radical (unpaired) electrons. The molecule has 0 aromatic heterocycles. The summed E-state index contributed by atoms with van der Waals surface area (Å²) in [6, 6.07) is 0. The molecule has 0 rings (SSSR count). The Labute approximate surface area is 64.0 Å². The SMILES string of the molecule is CC=CC=C(C)C(C)=CC. The summed E-state index contributed by atoms with van der Waals surface area (Å²) in [6.45, 7) is 8.32. The van der Waals surface area contributed by atoms with Crippen molar-refractivity contribution in [3.8, 4) is 0 Å². The van der Waals surface area contributed by atoms with Crippen LogP contribution >= 0.6 is 0 Å². The third-order valence-corrected chi connectivity index (χ3v) is 1.59. The zero-order chi connectivity index (χ0) is 7.98. The van der Waals surface area contributed by atoms with Crippen LogP contribution in [0.1, 0.15) is 27.7 Å². The molecule has 0 spiro atoms. The van der Waals surface area contributed by atoms with Gasteiger partial charge in [-0.15, -0.1) is 0 Å². The van der Waals surface area contributed by atoms with E-state index in [1.54, 1.807) is 0 Å². The fraction of sp³-hybridized carbons (Fsp3) is 0.400. The Morgan fingerprint density at radius 1 is 1.00 bits per heavy atom. The van der Waals surface area contributed by atoms with Crippen LogP contribution in [-0.4, -0.2) is 0 Å². The van der Waals surface area contributed by atoms with Crippen LogP contribution in [0.25, 0.3) is 0 Å². The maximum atomic E-state index is 2.12. The highest BCUT2D eigenvalue weighted by atomic mass is 13.9. The molecule has 0 N–H and O–H groups in total. The van der Waals surface area contributed by atoms with Crippen molar-refractivity contribution >= 4 is 0 Å². The van der Waals surface area contributed by atoms with Crippen molar-refractivity contribution < 1.29 is 0 Å². The molecule has 0 aromatic rings. The lowest BCUT2D eigenvalue weighted by atomic mass is 10.1. The fourth-order valence-corrected chi connectivity index (χ4v) is 0.600. The van der Waals surface area contributed by atoms with Gasteiger partial charge in [-0.1, -0.05) is 29.9 Å². The van der Waals surface area contributed by atoms with Crippen LogP contribution in [-0.2, 0) is 0 Å². The highest BCUT2D eigenvalue weighted by Gasteiger charge is 1.86. The highest BCUT2D eigenvalue weighted by molar-refractivity contribution is 5.29. The quantitative estimate of drug-likeness (QED) is 0.510. The molecule has 10 heavy (non-hydrogen) atoms. The van der Waals surface area contributed by atoms with Gasteiger partial charge in [0.05, 0.1) is 0 Å². The highest BCUT2D eigenvalue weighted by Crippen LogP contribution is 2.06. The van der Waals surface area contributed by atoms with Gasteiger partial charge >= 0.3 is 0 Å². The largest absolute Gasteiger partial charge is 0.0877 e. The normalized spacial score (nSPS) is 14.8. The van der Waals surface area contributed by atoms with E-state index in [-0.39, 0.29) is 0 Å². The van der Waals surface area contributed by atoms with E-state index >= 15 is 0 Å². The van der Waals surface area contributed by atoms with Crippen LogP contribution in [0, 0.1) is 0 Å². The van der Waals surface area contributed by atoms with Crippen LogP contribution in [0.15, 0.2) is 35.5 Å². The van der Waals surface area contributed by atoms with Gasteiger partial charge in [0.25, 0.3) is 0 Å². The van der Waals surface area contributed by atoms with Gasteiger partial charge in [0.1, 0.15) is 0 Å². The minimum Gasteiger partial charge on any atom is -0.0877 e. The van der Waals surface area contributed by atoms with Crippen LogP contribution in [0.5, 0.6) is 0 Å². The molecule has 0 unspecified atom stereocenters. The predicted molar refractivity (Wildman–Crippen MR) is 48.0 cm³/mol. The molecule has 0 saturated carbocycles. The lowest BCUT2D eigenvalue weighted by Gasteiger charge is -1.96. The number of hydrogen-bond acceptors (Lipinski definition) is 0. The smallest absolute Gasteiger partial charge is 0.0395 e. The summed E-state index contributed by atoms with van der Waals surface area (Å²) in [5, 5.41) is 0. The predicted octanol–water partition coefficient (Wildman–Crippen LogP) is 3.48. The lowest BCUT2D eigenvalue weighted by molar-refractivity contribution is 1.33. The summed E-state index contributed by atoms with van der Waals surface area (Å²) in [6.07, 6.45) is 8.33. The molecule has 0 heteroatoms. The summed E-state index contributed by atoms with van der Waals surface area (Å²) in [4.78, 5) is 0. The molecule has 0 nitrogen and oxygen atoms in total. The minimum absolute atomic E-state index is 1.33. The Hall–Kier alpha value is -0.780. The zero-order valence-electron chi connectivity index (χ0n) is 7.31. The van der Waals surface area contributed by atoms with Gasteiger partial charge in [-0.3, -0.25) is 0 Å². The van der Waals surface area contributed by atoms with Crippen molar-refractivity contribution in [1.82, 2.24) is 0 Å². The molecular formula is C10H16. The van der Waals surface area contributed by atoms with Gasteiger partial charge in [-0.2, -0.15) is 0 Å². The van der Waals surface area contributed by atoms with E-state index in [9.17, 15) is 0 Å². The second-order valence-corrected chi connectivity index (χ2v) is 2.35. The average Bonchev–Trinajstić information content (AvgIpc) is 1.98. The lowest BCUT2D eigenvalue weighted by Crippen LogP contribution is -1.75. The van der Waals surface area contributed by atoms with Crippen molar-refractivity contribution in [3.05, 3.63) is 35.5 Å². The standard InChI is InChI=1S/C10H16/c1-5-7-8-10(4)9(3)6-2/h5-8H,1-4H3. The molecule has 0 aromatic carbocycles. The van der Waals surface area contributed by atoms with Crippen molar-refractivity contribution in [3.63, 3.8) is 0 Å². The molecule has 0 saturated heterocycles. The zero-order valence-corrected chi connectivity index (χ0v) is 7.31. The first-order valence-corrected chi connectivity index (χ1v) is 3.65. The van der Waals surface area contributed by atoms with E-state index < -0.39 is 0 Å². The Bertz CT molecular complexity index is 168. The minimum atomic E-state index is 1.33. The van der Waals surface area contributed by atoms with Crippen molar-refractivity contribution in [2.75, 3.05) is 0 Å². The van der Waals surface area contributed by atoms with Crippen LogP contribution < -0.4 is 0 Å². The molecule has 0 aliphatic heterocycles. The Morgan fingerprint density at radius 2 is 1.60 bits per heavy atom. The maximum absolute atomic E-state index is 2.12. The van der Waals surface area contributed by atoms with Crippen LogP contribution in [0.2, 0.25) is 0 Å². The van der Waals surface area contributed by atoms with Gasteiger partial charge in [0, 0.05) is 0 Å². The molecule has 0 amide bonds. The van der Waals surface area contributed by atoms with E-state index in [2.05, 4.69) is 39.0 Å². The Morgan fingerprint density at radius 3 is 2.00 bits per heavy atom. The first-order valence-electron chi connectivity index (χ1n) is 3.65. The van der Waals surface area contributed by atoms with E-state index in [1.165, 1.54) is 11.1 Å². The number of hydrogen-bond donors (Lipinski definition) is 0. The second kappa shape index (κ2) is 5.04. The molecule has 0 heterocycles. The van der Waals surface area contributed by atoms with Crippen molar-refractivity contribution in [1.29, 1.82) is 0 Å². The van der Waals surface area contributed by atoms with E-state index in [4.69, 9.17) is 0 Å². The summed E-state index contributed by atoms with van der Waals surface area (Å²) in [5.74, 6) is 0.